The first-order chi connectivity index (χ1) is 11.9. The van der Waals surface area contributed by atoms with E-state index in [2.05, 4.69) is 19.1 Å². The van der Waals surface area contributed by atoms with E-state index < -0.39 is 0 Å². The van der Waals surface area contributed by atoms with Crippen molar-refractivity contribution >= 4 is 11.5 Å². The molecule has 2 unspecified atom stereocenters. The average Bonchev–Trinajstić information content (AvgIpc) is 2.60. The van der Waals surface area contributed by atoms with E-state index in [0.29, 0.717) is 29.5 Å². The van der Waals surface area contributed by atoms with Crippen molar-refractivity contribution in [1.82, 2.24) is 0 Å². The molecule has 0 spiro atoms. The van der Waals surface area contributed by atoms with Crippen molar-refractivity contribution in [1.29, 1.82) is 0 Å². The van der Waals surface area contributed by atoms with Crippen molar-refractivity contribution in [3.8, 4) is 5.75 Å². The zero-order valence-corrected chi connectivity index (χ0v) is 15.0. The van der Waals surface area contributed by atoms with Gasteiger partial charge in [0.25, 0.3) is 0 Å². The summed E-state index contributed by atoms with van der Waals surface area (Å²) in [6, 6.07) is 5.13. The van der Waals surface area contributed by atoms with E-state index in [0.717, 1.165) is 19.3 Å². The number of benzene rings is 1. The summed E-state index contributed by atoms with van der Waals surface area (Å²) in [7, 11) is 0. The van der Waals surface area contributed by atoms with E-state index in [4.69, 9.17) is 10.5 Å². The third kappa shape index (κ3) is 3.49. The lowest BCUT2D eigenvalue weighted by atomic mass is 9.63. The van der Waals surface area contributed by atoms with Gasteiger partial charge in [0.2, 0.25) is 0 Å². The van der Waals surface area contributed by atoms with Gasteiger partial charge in [0.1, 0.15) is 5.75 Å². The highest BCUT2D eigenvalue weighted by Gasteiger charge is 2.42. The molecule has 1 saturated carbocycles. The second-order valence-electron chi connectivity index (χ2n) is 7.46. The Morgan fingerprint density at radius 1 is 1.40 bits per heavy atom. The molecule has 4 nitrogen and oxygen atoms in total. The zero-order valence-electron chi connectivity index (χ0n) is 15.0. The lowest BCUT2D eigenvalue weighted by Crippen LogP contribution is -2.41. The van der Waals surface area contributed by atoms with Crippen LogP contribution in [0.25, 0.3) is 0 Å². The summed E-state index contributed by atoms with van der Waals surface area (Å²) in [6.45, 7) is 4.16. The summed E-state index contributed by atoms with van der Waals surface area (Å²) in [5, 5.41) is 10.2. The highest BCUT2D eigenvalue weighted by Crippen LogP contribution is 2.48. The Bertz CT molecular complexity index is 735. The molecule has 0 saturated heterocycles. The fraction of sp³-hybridized carbons (Fsp3) is 0.476. The quantitative estimate of drug-likeness (QED) is 0.629. The minimum atomic E-state index is -0.341. The highest BCUT2D eigenvalue weighted by atomic mass is 16.5. The summed E-state index contributed by atoms with van der Waals surface area (Å²) >= 11 is 0. The number of rotatable bonds is 5. The van der Waals surface area contributed by atoms with Gasteiger partial charge in [-0.2, -0.15) is 0 Å². The molecule has 0 aliphatic heterocycles. The maximum atomic E-state index is 11.5. The second kappa shape index (κ2) is 7.04. The number of aliphatic hydroxyl groups excluding tert-OH is 1. The standard InChI is InChI=1S/C21H27NO3/c1-14-5-7-18-17(10-14)4-3-9-21(18,12-23)13-25-20-8-6-16(15(2)24)11-19(20)22/h5-8,11,17,23H,3-4,9-10,12-13,22H2,1-2H3. The van der Waals surface area contributed by atoms with E-state index in [-0.39, 0.29) is 17.8 Å². The second-order valence-corrected chi connectivity index (χ2v) is 7.46. The van der Waals surface area contributed by atoms with Crippen molar-refractivity contribution in [2.45, 2.75) is 39.5 Å². The number of hydrogen-bond donors (Lipinski definition) is 2. The van der Waals surface area contributed by atoms with Crippen LogP contribution in [0.3, 0.4) is 0 Å². The van der Waals surface area contributed by atoms with Gasteiger partial charge in [0, 0.05) is 11.0 Å². The van der Waals surface area contributed by atoms with Crippen LogP contribution in [-0.2, 0) is 0 Å². The summed E-state index contributed by atoms with van der Waals surface area (Å²) in [5.41, 5.74) is 9.45. The predicted octanol–water partition coefficient (Wildman–Crippen LogP) is 3.91. The molecule has 2 atom stereocenters. The fourth-order valence-corrected chi connectivity index (χ4v) is 4.12. The Kier molecular flexibility index (Phi) is 5.00. The molecule has 134 valence electrons. The van der Waals surface area contributed by atoms with Gasteiger partial charge in [-0.1, -0.05) is 29.7 Å². The molecule has 3 N–H and O–H groups in total. The van der Waals surface area contributed by atoms with Crippen LogP contribution in [0, 0.1) is 11.3 Å². The lowest BCUT2D eigenvalue weighted by molar-refractivity contribution is 0.0620. The van der Waals surface area contributed by atoms with Crippen molar-refractivity contribution in [2.24, 2.45) is 11.3 Å². The minimum Gasteiger partial charge on any atom is -0.490 e. The number of ketones is 1. The Morgan fingerprint density at radius 2 is 2.20 bits per heavy atom. The molecule has 1 fully saturated rings. The molecule has 0 radical (unpaired) electrons. The molecule has 0 bridgehead atoms. The van der Waals surface area contributed by atoms with E-state index in [1.165, 1.54) is 24.5 Å². The monoisotopic (exact) mass is 341 g/mol. The molecule has 3 rings (SSSR count). The van der Waals surface area contributed by atoms with Crippen LogP contribution in [0.2, 0.25) is 0 Å². The first-order valence-corrected chi connectivity index (χ1v) is 8.97. The molecule has 4 heteroatoms. The summed E-state index contributed by atoms with van der Waals surface area (Å²) in [5.74, 6) is 1.06. The topological polar surface area (TPSA) is 72.5 Å². The SMILES string of the molecule is CC(=O)c1ccc(OCC2(CO)CCCC3CC(C)=CC=C32)c(N)c1. The van der Waals surface area contributed by atoms with Crippen LogP contribution < -0.4 is 10.5 Å². The van der Waals surface area contributed by atoms with Crippen molar-refractivity contribution < 1.29 is 14.6 Å². The van der Waals surface area contributed by atoms with Crippen molar-refractivity contribution in [3.05, 3.63) is 47.1 Å². The average molecular weight is 341 g/mol. The third-order valence-electron chi connectivity index (χ3n) is 5.60. The Labute approximate surface area is 149 Å². The maximum absolute atomic E-state index is 11.5. The van der Waals surface area contributed by atoms with Gasteiger partial charge >= 0.3 is 0 Å². The largest absolute Gasteiger partial charge is 0.490 e. The van der Waals surface area contributed by atoms with Gasteiger partial charge in [0.15, 0.2) is 5.78 Å². The molecule has 0 aromatic heterocycles. The van der Waals surface area contributed by atoms with Crippen LogP contribution in [0.15, 0.2) is 41.5 Å². The summed E-state index contributed by atoms with van der Waals surface area (Å²) in [6.07, 6.45) is 8.61. The minimum absolute atomic E-state index is 0.0188. The predicted molar refractivity (Wildman–Crippen MR) is 99.7 cm³/mol. The van der Waals surface area contributed by atoms with E-state index in [1.807, 2.05) is 0 Å². The van der Waals surface area contributed by atoms with Crippen LogP contribution in [-0.4, -0.2) is 24.1 Å². The van der Waals surface area contributed by atoms with Crippen molar-refractivity contribution in [2.75, 3.05) is 18.9 Å². The Morgan fingerprint density at radius 3 is 2.88 bits per heavy atom. The first kappa shape index (κ1) is 17.7. The van der Waals surface area contributed by atoms with Gasteiger partial charge in [0.05, 0.1) is 18.9 Å². The molecular formula is C21H27NO3. The first-order valence-electron chi connectivity index (χ1n) is 8.97. The molecule has 1 aromatic rings. The molecule has 0 amide bonds. The number of ether oxygens (including phenoxy) is 1. The lowest BCUT2D eigenvalue weighted by Gasteiger charge is -2.43. The molecule has 2 aliphatic rings. The van der Waals surface area contributed by atoms with Crippen LogP contribution in [0.1, 0.15) is 49.9 Å². The van der Waals surface area contributed by atoms with E-state index in [9.17, 15) is 9.90 Å². The van der Waals surface area contributed by atoms with Crippen LogP contribution in [0.4, 0.5) is 5.69 Å². The van der Waals surface area contributed by atoms with Gasteiger partial charge in [-0.15, -0.1) is 0 Å². The van der Waals surface area contributed by atoms with Gasteiger partial charge < -0.3 is 15.6 Å². The number of carbonyl (C=O) groups is 1. The van der Waals surface area contributed by atoms with Crippen molar-refractivity contribution in [3.63, 3.8) is 0 Å². The number of nitrogens with two attached hydrogens (primary N) is 1. The highest BCUT2D eigenvalue weighted by molar-refractivity contribution is 5.95. The molecule has 0 heterocycles. The zero-order chi connectivity index (χ0) is 18.0. The number of fused-ring (bicyclic) bond motifs is 1. The smallest absolute Gasteiger partial charge is 0.159 e. The van der Waals surface area contributed by atoms with Crippen LogP contribution in [0.5, 0.6) is 5.75 Å². The fourth-order valence-electron chi connectivity index (χ4n) is 4.12. The van der Waals surface area contributed by atoms with Gasteiger partial charge in [-0.3, -0.25) is 4.79 Å². The number of nitrogen functional groups attached to an aromatic ring is 1. The molecule has 2 aliphatic carbocycles. The Balaban J connectivity index is 1.81. The number of anilines is 1. The molecule has 1 aromatic carbocycles. The third-order valence-corrected chi connectivity index (χ3v) is 5.60. The Hall–Kier alpha value is -2.07. The van der Waals surface area contributed by atoms with Gasteiger partial charge in [-0.05, 0) is 57.2 Å². The number of aliphatic hydroxyl groups is 1. The molecular weight excluding hydrogens is 314 g/mol. The molecule has 25 heavy (non-hydrogen) atoms. The number of carbonyl (C=O) groups excluding carboxylic acids is 1. The number of allylic oxidation sites excluding steroid dienone is 3. The normalized spacial score (nSPS) is 25.6. The number of Topliss-reactive ketones (excluding diaryl/α,β-unsaturated/α-hetero) is 1. The number of hydrogen-bond acceptors (Lipinski definition) is 4. The summed E-state index contributed by atoms with van der Waals surface area (Å²) < 4.78 is 6.02. The van der Waals surface area contributed by atoms with E-state index >= 15 is 0 Å². The van der Waals surface area contributed by atoms with E-state index in [1.54, 1.807) is 18.2 Å². The maximum Gasteiger partial charge on any atom is 0.159 e. The summed E-state index contributed by atoms with van der Waals surface area (Å²) in [4.78, 5) is 11.5. The van der Waals surface area contributed by atoms with Crippen LogP contribution >= 0.6 is 0 Å². The van der Waals surface area contributed by atoms with Gasteiger partial charge in [-0.25, -0.2) is 0 Å².